The molecule has 1 saturated heterocycles. The highest BCUT2D eigenvalue weighted by Gasteiger charge is 2.66. The summed E-state index contributed by atoms with van der Waals surface area (Å²) in [5.74, 6) is -0.925. The number of benzene rings is 3. The molecule has 2 bridgehead atoms. The predicted octanol–water partition coefficient (Wildman–Crippen LogP) is 4.87. The Morgan fingerprint density at radius 1 is 0.767 bits per heavy atom. The fourth-order valence-corrected chi connectivity index (χ4v) is 6.27. The summed E-state index contributed by atoms with van der Waals surface area (Å²) in [5, 5.41) is 0. The third-order valence-electron chi connectivity index (χ3n) is 7.79. The van der Waals surface area contributed by atoms with Crippen LogP contribution in [0.25, 0.3) is 0 Å². The second kappa shape index (κ2) is 5.69. The summed E-state index contributed by atoms with van der Waals surface area (Å²) < 4.78 is 0. The molecule has 3 aliphatic carbocycles. The molecule has 0 unspecified atom stereocenters. The summed E-state index contributed by atoms with van der Waals surface area (Å²) in [6, 6.07) is 22.6. The van der Waals surface area contributed by atoms with Gasteiger partial charge in [0.05, 0.1) is 17.5 Å². The molecule has 30 heavy (non-hydrogen) atoms. The number of hydrogen-bond acceptors (Lipinski definition) is 2. The fourth-order valence-electron chi connectivity index (χ4n) is 6.27. The maximum atomic E-state index is 13.9. The highest BCUT2D eigenvalue weighted by atomic mass is 16.2. The molecule has 0 radical (unpaired) electrons. The van der Waals surface area contributed by atoms with E-state index in [0.29, 0.717) is 5.69 Å². The van der Waals surface area contributed by atoms with Crippen molar-refractivity contribution in [2.75, 3.05) is 4.90 Å². The summed E-state index contributed by atoms with van der Waals surface area (Å²) in [4.78, 5) is 29.1. The minimum absolute atomic E-state index is 0.0616. The van der Waals surface area contributed by atoms with E-state index >= 15 is 0 Å². The van der Waals surface area contributed by atoms with E-state index in [-0.39, 0.29) is 29.6 Å². The molecule has 3 heteroatoms. The zero-order valence-electron chi connectivity index (χ0n) is 17.3. The normalized spacial score (nSPS) is 28.4. The Bertz CT molecular complexity index is 1210. The van der Waals surface area contributed by atoms with Gasteiger partial charge in [-0.3, -0.25) is 9.59 Å². The summed E-state index contributed by atoms with van der Waals surface area (Å²) in [6.07, 6.45) is 0. The zero-order chi connectivity index (χ0) is 20.8. The first-order chi connectivity index (χ1) is 14.4. The van der Waals surface area contributed by atoms with Crippen molar-refractivity contribution in [3.63, 3.8) is 0 Å². The molecule has 3 aromatic rings. The second-order valence-electron chi connectivity index (χ2n) is 9.14. The monoisotopic (exact) mass is 393 g/mol. The summed E-state index contributed by atoms with van der Waals surface area (Å²) >= 11 is 0. The van der Waals surface area contributed by atoms with Crippen LogP contribution in [0.5, 0.6) is 0 Å². The van der Waals surface area contributed by atoms with Crippen LogP contribution in [0.2, 0.25) is 0 Å². The van der Waals surface area contributed by atoms with Crippen LogP contribution in [0.15, 0.2) is 66.7 Å². The molecule has 0 N–H and O–H groups in total. The van der Waals surface area contributed by atoms with Gasteiger partial charge in [-0.15, -0.1) is 0 Å². The molecule has 7 rings (SSSR count). The fraction of sp³-hybridized carbons (Fsp3) is 0.259. The Hall–Kier alpha value is -3.20. The zero-order valence-corrected chi connectivity index (χ0v) is 17.3. The van der Waals surface area contributed by atoms with E-state index in [1.165, 1.54) is 27.2 Å². The van der Waals surface area contributed by atoms with Gasteiger partial charge in [-0.2, -0.15) is 0 Å². The summed E-state index contributed by atoms with van der Waals surface area (Å²) in [6.45, 7) is 6.22. The van der Waals surface area contributed by atoms with E-state index in [4.69, 9.17) is 0 Å². The van der Waals surface area contributed by atoms with Crippen molar-refractivity contribution in [3.8, 4) is 0 Å². The lowest BCUT2D eigenvalue weighted by molar-refractivity contribution is -0.123. The van der Waals surface area contributed by atoms with E-state index in [2.05, 4.69) is 31.2 Å². The quantitative estimate of drug-likeness (QED) is 0.553. The Balaban J connectivity index is 1.60. The van der Waals surface area contributed by atoms with E-state index in [1.54, 1.807) is 0 Å². The minimum atomic E-state index is -0.506. The van der Waals surface area contributed by atoms with Gasteiger partial charge in [0.25, 0.3) is 0 Å². The van der Waals surface area contributed by atoms with E-state index in [1.807, 2.05) is 56.3 Å². The lowest BCUT2D eigenvalue weighted by Crippen LogP contribution is -2.51. The van der Waals surface area contributed by atoms with Crippen molar-refractivity contribution in [3.05, 3.63) is 100 Å². The van der Waals surface area contributed by atoms with Gasteiger partial charge in [0.2, 0.25) is 11.8 Å². The number of carbonyl (C=O) groups is 2. The van der Waals surface area contributed by atoms with Gasteiger partial charge in [0.1, 0.15) is 0 Å². The van der Waals surface area contributed by atoms with Crippen LogP contribution in [0.4, 0.5) is 5.69 Å². The third kappa shape index (κ3) is 1.91. The minimum Gasteiger partial charge on any atom is -0.274 e. The lowest BCUT2D eigenvalue weighted by atomic mass is 9.48. The molecule has 0 saturated carbocycles. The van der Waals surface area contributed by atoms with Gasteiger partial charge in [-0.05, 0) is 59.4 Å². The van der Waals surface area contributed by atoms with Gasteiger partial charge in [0.15, 0.2) is 0 Å². The van der Waals surface area contributed by atoms with E-state index < -0.39 is 5.41 Å². The number of hydrogen-bond donors (Lipinski definition) is 0. The van der Waals surface area contributed by atoms with Crippen molar-refractivity contribution >= 4 is 17.5 Å². The van der Waals surface area contributed by atoms with Crippen LogP contribution in [0, 0.1) is 25.7 Å². The van der Waals surface area contributed by atoms with Crippen molar-refractivity contribution in [1.82, 2.24) is 0 Å². The predicted molar refractivity (Wildman–Crippen MR) is 117 cm³/mol. The van der Waals surface area contributed by atoms with Crippen molar-refractivity contribution in [1.29, 1.82) is 0 Å². The van der Waals surface area contributed by atoms with Crippen LogP contribution >= 0.6 is 0 Å². The van der Waals surface area contributed by atoms with Gasteiger partial charge < -0.3 is 0 Å². The first-order valence-electron chi connectivity index (χ1n) is 10.6. The van der Waals surface area contributed by atoms with Gasteiger partial charge >= 0.3 is 0 Å². The SMILES string of the molecule is Cc1ccc(N2C(=O)[C@@H]3C4c5ccccc5C(C)(c5ccccc54)[C@@H]3C2=O)cc1C. The molecule has 0 spiro atoms. The first-order valence-corrected chi connectivity index (χ1v) is 10.6. The van der Waals surface area contributed by atoms with Crippen molar-refractivity contribution in [2.45, 2.75) is 32.1 Å². The van der Waals surface area contributed by atoms with Crippen LogP contribution in [0.1, 0.15) is 46.2 Å². The third-order valence-corrected chi connectivity index (χ3v) is 7.79. The standard InChI is InChI=1S/C27H23NO2/c1-15-12-13-17(14-16(15)2)28-25(29)23-22-18-8-4-6-10-20(18)27(3,24(23)26(28)30)21-11-7-5-9-19(21)22/h4-14,22-24H,1-3H3/t22?,23-,24+,27?/m1/s1. The lowest BCUT2D eigenvalue weighted by Gasteiger charge is -2.52. The molecule has 0 aromatic heterocycles. The van der Waals surface area contributed by atoms with Crippen LogP contribution in [0.3, 0.4) is 0 Å². The van der Waals surface area contributed by atoms with Gasteiger partial charge in [-0.1, -0.05) is 61.5 Å². The number of aryl methyl sites for hydroxylation is 2. The molecular weight excluding hydrogens is 370 g/mol. The number of nitrogens with zero attached hydrogens (tertiary/aromatic N) is 1. The molecule has 4 aliphatic rings. The average molecular weight is 393 g/mol. The Morgan fingerprint density at radius 3 is 1.97 bits per heavy atom. The van der Waals surface area contributed by atoms with Gasteiger partial charge in [-0.25, -0.2) is 4.90 Å². The molecular formula is C27H23NO2. The molecule has 3 aromatic carbocycles. The molecule has 1 fully saturated rings. The maximum absolute atomic E-state index is 13.9. The maximum Gasteiger partial charge on any atom is 0.238 e. The number of rotatable bonds is 1. The largest absolute Gasteiger partial charge is 0.274 e. The summed E-state index contributed by atoms with van der Waals surface area (Å²) in [5.41, 5.74) is 7.21. The van der Waals surface area contributed by atoms with E-state index in [0.717, 1.165) is 11.1 Å². The number of amides is 2. The topological polar surface area (TPSA) is 37.4 Å². The van der Waals surface area contributed by atoms with E-state index in [9.17, 15) is 9.59 Å². The highest BCUT2D eigenvalue weighted by Crippen LogP contribution is 2.64. The second-order valence-corrected chi connectivity index (χ2v) is 9.14. The van der Waals surface area contributed by atoms with Crippen molar-refractivity contribution < 1.29 is 9.59 Å². The van der Waals surface area contributed by atoms with Crippen LogP contribution in [-0.2, 0) is 15.0 Å². The molecule has 2 atom stereocenters. The molecule has 1 heterocycles. The molecule has 3 nitrogen and oxygen atoms in total. The smallest absolute Gasteiger partial charge is 0.238 e. The Labute approximate surface area is 176 Å². The Morgan fingerprint density at radius 2 is 1.37 bits per heavy atom. The highest BCUT2D eigenvalue weighted by molar-refractivity contribution is 6.23. The van der Waals surface area contributed by atoms with Crippen LogP contribution in [-0.4, -0.2) is 11.8 Å². The van der Waals surface area contributed by atoms with Gasteiger partial charge in [0, 0.05) is 11.3 Å². The number of carbonyl (C=O) groups excluding carboxylic acids is 2. The van der Waals surface area contributed by atoms with Crippen LogP contribution < -0.4 is 4.90 Å². The molecule has 1 aliphatic heterocycles. The summed E-state index contributed by atoms with van der Waals surface area (Å²) in [7, 11) is 0. The number of anilines is 1. The molecule has 2 amide bonds. The number of imide groups is 1. The molecule has 148 valence electrons. The average Bonchev–Trinajstić information content (AvgIpc) is 3.02. The first kappa shape index (κ1) is 17.6. The Kier molecular flexibility index (Phi) is 3.35. The van der Waals surface area contributed by atoms with Crippen molar-refractivity contribution in [2.24, 2.45) is 11.8 Å².